The highest BCUT2D eigenvalue weighted by molar-refractivity contribution is 6.04. The lowest BCUT2D eigenvalue weighted by atomic mass is 9.74. The molecule has 0 radical (unpaired) electrons. The number of ketones is 1. The molecule has 102 valence electrons. The quantitative estimate of drug-likeness (QED) is 0.556. The van der Waals surface area contributed by atoms with E-state index < -0.39 is 0 Å². The standard InChI is InChI=1S/C18H24O/c1-13(2)16-10-9-14(3)17(11-16)12-18(19)15-7-5-4-6-8-15/h4-8,12-14,16H,9-11H2,1-3H3/t14-,16+/m1/s1. The zero-order valence-corrected chi connectivity index (χ0v) is 12.2. The number of rotatable bonds is 3. The van der Waals surface area contributed by atoms with Gasteiger partial charge in [-0.2, -0.15) is 0 Å². The smallest absolute Gasteiger partial charge is 0.185 e. The van der Waals surface area contributed by atoms with Crippen molar-refractivity contribution in [3.8, 4) is 0 Å². The third-order valence-corrected chi connectivity index (χ3v) is 4.42. The fraction of sp³-hybridized carbons (Fsp3) is 0.500. The van der Waals surface area contributed by atoms with E-state index in [-0.39, 0.29) is 5.78 Å². The highest BCUT2D eigenvalue weighted by Crippen LogP contribution is 2.36. The van der Waals surface area contributed by atoms with Gasteiger partial charge in [0.1, 0.15) is 0 Å². The van der Waals surface area contributed by atoms with Crippen molar-refractivity contribution in [2.75, 3.05) is 0 Å². The van der Waals surface area contributed by atoms with E-state index >= 15 is 0 Å². The van der Waals surface area contributed by atoms with E-state index in [1.165, 1.54) is 18.4 Å². The zero-order valence-electron chi connectivity index (χ0n) is 12.2. The van der Waals surface area contributed by atoms with Crippen LogP contribution in [0.2, 0.25) is 0 Å². The summed E-state index contributed by atoms with van der Waals surface area (Å²) in [5, 5.41) is 0. The molecule has 1 nitrogen and oxygen atoms in total. The Balaban J connectivity index is 2.14. The van der Waals surface area contributed by atoms with E-state index in [0.717, 1.165) is 17.9 Å². The van der Waals surface area contributed by atoms with E-state index in [9.17, 15) is 4.79 Å². The Hall–Kier alpha value is -1.37. The van der Waals surface area contributed by atoms with E-state index in [1.807, 2.05) is 36.4 Å². The molecule has 2 atom stereocenters. The first-order valence-corrected chi connectivity index (χ1v) is 7.37. The van der Waals surface area contributed by atoms with E-state index in [1.54, 1.807) is 0 Å². The molecule has 0 aliphatic heterocycles. The topological polar surface area (TPSA) is 17.1 Å². The minimum Gasteiger partial charge on any atom is -0.289 e. The molecule has 0 heterocycles. The van der Waals surface area contributed by atoms with Crippen LogP contribution in [-0.2, 0) is 0 Å². The molecule has 2 rings (SSSR count). The number of hydrogen-bond donors (Lipinski definition) is 0. The minimum absolute atomic E-state index is 0.159. The molecule has 1 heteroatoms. The van der Waals surface area contributed by atoms with Crippen LogP contribution in [-0.4, -0.2) is 5.78 Å². The summed E-state index contributed by atoms with van der Waals surface area (Å²) < 4.78 is 0. The van der Waals surface area contributed by atoms with Gasteiger partial charge in [-0.3, -0.25) is 4.79 Å². The van der Waals surface area contributed by atoms with Crippen molar-refractivity contribution >= 4 is 5.78 Å². The van der Waals surface area contributed by atoms with Crippen LogP contribution >= 0.6 is 0 Å². The molecule has 1 aliphatic rings. The molecule has 0 unspecified atom stereocenters. The summed E-state index contributed by atoms with van der Waals surface area (Å²) in [6.07, 6.45) is 5.51. The van der Waals surface area contributed by atoms with Crippen LogP contribution in [0.15, 0.2) is 42.0 Å². The van der Waals surface area contributed by atoms with Crippen LogP contribution in [0.4, 0.5) is 0 Å². The maximum atomic E-state index is 12.3. The van der Waals surface area contributed by atoms with Gasteiger partial charge in [-0.1, -0.05) is 56.7 Å². The van der Waals surface area contributed by atoms with Gasteiger partial charge in [-0.15, -0.1) is 0 Å². The first-order valence-electron chi connectivity index (χ1n) is 7.37. The molecule has 0 spiro atoms. The molecule has 1 fully saturated rings. The van der Waals surface area contributed by atoms with Crippen molar-refractivity contribution in [2.24, 2.45) is 17.8 Å². The summed E-state index contributed by atoms with van der Waals surface area (Å²) in [5.74, 6) is 2.17. The van der Waals surface area contributed by atoms with Gasteiger partial charge in [0, 0.05) is 5.56 Å². The monoisotopic (exact) mass is 256 g/mol. The SMILES string of the molecule is CC(C)[C@H]1CC[C@@H](C)C(=CC(=O)c2ccccc2)C1. The number of carbonyl (C=O) groups is 1. The minimum atomic E-state index is 0.159. The fourth-order valence-corrected chi connectivity index (χ4v) is 2.88. The van der Waals surface area contributed by atoms with Crippen molar-refractivity contribution < 1.29 is 4.79 Å². The highest BCUT2D eigenvalue weighted by atomic mass is 16.1. The number of allylic oxidation sites excluding steroid dienone is 2. The number of carbonyl (C=O) groups excluding carboxylic acids is 1. The van der Waals surface area contributed by atoms with Crippen molar-refractivity contribution in [3.05, 3.63) is 47.5 Å². The average Bonchev–Trinajstić information content (AvgIpc) is 2.42. The molecule has 0 aromatic heterocycles. The second-order valence-corrected chi connectivity index (χ2v) is 6.14. The molecule has 0 bridgehead atoms. The van der Waals surface area contributed by atoms with Gasteiger partial charge in [-0.25, -0.2) is 0 Å². The zero-order chi connectivity index (χ0) is 13.8. The Kier molecular flexibility index (Phi) is 4.57. The Morgan fingerprint density at radius 1 is 1.21 bits per heavy atom. The van der Waals surface area contributed by atoms with Crippen LogP contribution in [0.25, 0.3) is 0 Å². The van der Waals surface area contributed by atoms with Gasteiger partial charge in [0.25, 0.3) is 0 Å². The predicted molar refractivity (Wildman–Crippen MR) is 80.2 cm³/mol. The summed E-state index contributed by atoms with van der Waals surface area (Å²) in [7, 11) is 0. The molecular formula is C18H24O. The lowest BCUT2D eigenvalue weighted by molar-refractivity contribution is 0.104. The van der Waals surface area contributed by atoms with Gasteiger partial charge in [-0.05, 0) is 43.1 Å². The first-order chi connectivity index (χ1) is 9.08. The second kappa shape index (κ2) is 6.18. The number of benzene rings is 1. The van der Waals surface area contributed by atoms with E-state index in [2.05, 4.69) is 20.8 Å². The molecule has 0 N–H and O–H groups in total. The third kappa shape index (κ3) is 3.56. The first kappa shape index (κ1) is 14.0. The van der Waals surface area contributed by atoms with Crippen molar-refractivity contribution in [3.63, 3.8) is 0 Å². The molecule has 1 saturated carbocycles. The van der Waals surface area contributed by atoms with Crippen LogP contribution < -0.4 is 0 Å². The van der Waals surface area contributed by atoms with Gasteiger partial charge in [0.05, 0.1) is 0 Å². The third-order valence-electron chi connectivity index (χ3n) is 4.42. The van der Waals surface area contributed by atoms with E-state index in [4.69, 9.17) is 0 Å². The molecule has 1 aliphatic carbocycles. The summed E-state index contributed by atoms with van der Waals surface area (Å²) in [6, 6.07) is 9.58. The normalized spacial score (nSPS) is 25.8. The maximum Gasteiger partial charge on any atom is 0.185 e. The summed E-state index contributed by atoms with van der Waals surface area (Å²) in [6.45, 7) is 6.83. The molecule has 0 amide bonds. The van der Waals surface area contributed by atoms with E-state index in [0.29, 0.717) is 11.8 Å². The van der Waals surface area contributed by atoms with Crippen LogP contribution in [0.5, 0.6) is 0 Å². The Morgan fingerprint density at radius 2 is 1.89 bits per heavy atom. The summed E-state index contributed by atoms with van der Waals surface area (Å²) >= 11 is 0. The molecule has 19 heavy (non-hydrogen) atoms. The Morgan fingerprint density at radius 3 is 2.53 bits per heavy atom. The van der Waals surface area contributed by atoms with Crippen molar-refractivity contribution in [1.29, 1.82) is 0 Å². The van der Waals surface area contributed by atoms with Crippen LogP contribution in [0.1, 0.15) is 50.4 Å². The summed E-state index contributed by atoms with van der Waals surface area (Å²) in [5.41, 5.74) is 2.15. The molecular weight excluding hydrogens is 232 g/mol. The highest BCUT2D eigenvalue weighted by Gasteiger charge is 2.25. The van der Waals surface area contributed by atoms with Crippen LogP contribution in [0.3, 0.4) is 0 Å². The van der Waals surface area contributed by atoms with Gasteiger partial charge in [0.15, 0.2) is 5.78 Å². The average molecular weight is 256 g/mol. The largest absolute Gasteiger partial charge is 0.289 e. The second-order valence-electron chi connectivity index (χ2n) is 6.14. The maximum absolute atomic E-state index is 12.3. The van der Waals surface area contributed by atoms with Crippen molar-refractivity contribution in [2.45, 2.75) is 40.0 Å². The molecule has 1 aromatic carbocycles. The Labute approximate surface area is 116 Å². The Bertz CT molecular complexity index is 456. The predicted octanol–water partition coefficient (Wildman–Crippen LogP) is 4.89. The van der Waals surface area contributed by atoms with Gasteiger partial charge < -0.3 is 0 Å². The van der Waals surface area contributed by atoms with Crippen molar-refractivity contribution in [1.82, 2.24) is 0 Å². The summed E-state index contributed by atoms with van der Waals surface area (Å²) in [4.78, 5) is 12.3. The lowest BCUT2D eigenvalue weighted by Crippen LogP contribution is -2.20. The van der Waals surface area contributed by atoms with Gasteiger partial charge >= 0.3 is 0 Å². The fourth-order valence-electron chi connectivity index (χ4n) is 2.88. The lowest BCUT2D eigenvalue weighted by Gasteiger charge is -2.31. The number of hydrogen-bond acceptors (Lipinski definition) is 1. The molecule has 1 aromatic rings. The van der Waals surface area contributed by atoms with Crippen LogP contribution in [0, 0.1) is 17.8 Å². The van der Waals surface area contributed by atoms with Gasteiger partial charge in [0.2, 0.25) is 0 Å². The molecule has 0 saturated heterocycles.